The minimum Gasteiger partial charge on any atom is -0.355 e. The maximum atomic E-state index is 13.6. The summed E-state index contributed by atoms with van der Waals surface area (Å²) in [6.45, 7) is 0.540. The zero-order valence-corrected chi connectivity index (χ0v) is 16.8. The van der Waals surface area contributed by atoms with Gasteiger partial charge >= 0.3 is 0 Å². The van der Waals surface area contributed by atoms with E-state index in [9.17, 15) is 13.0 Å². The molecule has 0 aliphatic rings. The van der Waals surface area contributed by atoms with E-state index in [0.29, 0.717) is 18.3 Å². The van der Waals surface area contributed by atoms with Crippen molar-refractivity contribution in [1.29, 1.82) is 0 Å². The molecule has 0 aromatic heterocycles. The van der Waals surface area contributed by atoms with E-state index in [1.54, 1.807) is 7.05 Å². The van der Waals surface area contributed by atoms with Gasteiger partial charge in [-0.1, -0.05) is 18.2 Å². The van der Waals surface area contributed by atoms with Crippen molar-refractivity contribution in [3.63, 3.8) is 0 Å². The van der Waals surface area contributed by atoms with Crippen molar-refractivity contribution in [2.75, 3.05) is 19.3 Å². The Hall–Kier alpha value is -1.55. The molecular weight excluding hydrogens is 459 g/mol. The first-order valence-corrected chi connectivity index (χ1v) is 8.74. The van der Waals surface area contributed by atoms with Crippen molar-refractivity contribution in [3.05, 3.63) is 65.7 Å². The van der Waals surface area contributed by atoms with Crippen molar-refractivity contribution >= 4 is 40.7 Å². The van der Waals surface area contributed by atoms with Gasteiger partial charge in [-0.05, 0) is 30.3 Å². The maximum Gasteiger partial charge on any atom is 0.191 e. The highest BCUT2D eigenvalue weighted by Gasteiger charge is 2.06. The zero-order valence-electron chi connectivity index (χ0n) is 13.7. The number of aliphatic imine (C=N–C) groups is 1. The summed E-state index contributed by atoms with van der Waals surface area (Å²) in [7, 11) is 0.471. The van der Waals surface area contributed by atoms with Crippen LogP contribution >= 0.6 is 24.0 Å². The van der Waals surface area contributed by atoms with Gasteiger partial charge in [0.15, 0.2) is 5.96 Å². The molecule has 0 aliphatic carbocycles. The summed E-state index contributed by atoms with van der Waals surface area (Å²) in [5.41, 5.74) is 0.214. The Labute approximate surface area is 165 Å². The van der Waals surface area contributed by atoms with Crippen LogP contribution in [0.5, 0.6) is 0 Å². The van der Waals surface area contributed by atoms with Crippen LogP contribution in [0.4, 0.5) is 8.78 Å². The van der Waals surface area contributed by atoms with Gasteiger partial charge in [-0.15, -0.1) is 24.0 Å². The normalized spacial score (nSPS) is 12.2. The minimum atomic E-state index is -1.10. The SMILES string of the molecule is CN=C(NCCS(=O)c1ccccc1)NCc1cc(F)ccc1F.I. The molecule has 0 aliphatic heterocycles. The Kier molecular flexibility index (Phi) is 9.58. The van der Waals surface area contributed by atoms with E-state index in [1.165, 1.54) is 0 Å². The van der Waals surface area contributed by atoms with Crippen LogP contribution in [-0.2, 0) is 17.3 Å². The van der Waals surface area contributed by atoms with Gasteiger partial charge in [0.1, 0.15) is 11.6 Å². The first-order valence-electron chi connectivity index (χ1n) is 7.42. The third-order valence-electron chi connectivity index (χ3n) is 3.26. The molecule has 1 atom stereocenters. The van der Waals surface area contributed by atoms with E-state index in [0.717, 1.165) is 23.1 Å². The Bertz CT molecular complexity index is 729. The lowest BCUT2D eigenvalue weighted by Gasteiger charge is -2.12. The molecule has 0 heterocycles. The number of rotatable bonds is 6. The van der Waals surface area contributed by atoms with Gasteiger partial charge in [0.2, 0.25) is 0 Å². The third-order valence-corrected chi connectivity index (χ3v) is 4.64. The van der Waals surface area contributed by atoms with Gasteiger partial charge in [-0.3, -0.25) is 9.20 Å². The molecule has 2 aromatic carbocycles. The monoisotopic (exact) mass is 479 g/mol. The van der Waals surface area contributed by atoms with Gasteiger partial charge in [0, 0.05) is 36.3 Å². The third kappa shape index (κ3) is 7.07. The van der Waals surface area contributed by atoms with Crippen molar-refractivity contribution in [2.45, 2.75) is 11.4 Å². The van der Waals surface area contributed by atoms with E-state index < -0.39 is 22.4 Å². The summed E-state index contributed by atoms with van der Waals surface area (Å²) in [5, 5.41) is 5.90. The molecule has 4 nitrogen and oxygen atoms in total. The van der Waals surface area contributed by atoms with E-state index in [-0.39, 0.29) is 36.1 Å². The summed E-state index contributed by atoms with van der Waals surface area (Å²) in [5.74, 6) is -0.123. The van der Waals surface area contributed by atoms with Crippen LogP contribution in [0, 0.1) is 11.6 Å². The fourth-order valence-electron chi connectivity index (χ4n) is 2.03. The lowest BCUT2D eigenvalue weighted by Crippen LogP contribution is -2.38. The second-order valence-corrected chi connectivity index (χ2v) is 6.52. The molecule has 0 radical (unpaired) electrons. The van der Waals surface area contributed by atoms with Gasteiger partial charge in [-0.25, -0.2) is 8.78 Å². The highest BCUT2D eigenvalue weighted by Crippen LogP contribution is 2.09. The fraction of sp³-hybridized carbons (Fsp3) is 0.235. The highest BCUT2D eigenvalue weighted by molar-refractivity contribution is 14.0. The molecule has 0 saturated carbocycles. The highest BCUT2D eigenvalue weighted by atomic mass is 127. The quantitative estimate of drug-likeness (QED) is 0.381. The summed E-state index contributed by atoms with van der Waals surface area (Å²) in [6, 6.07) is 12.5. The number of nitrogens with one attached hydrogen (secondary N) is 2. The van der Waals surface area contributed by atoms with Gasteiger partial charge < -0.3 is 10.6 Å². The second kappa shape index (κ2) is 11.1. The van der Waals surface area contributed by atoms with E-state index in [2.05, 4.69) is 15.6 Å². The Morgan fingerprint density at radius 3 is 2.52 bits per heavy atom. The molecule has 1 unspecified atom stereocenters. The average Bonchev–Trinajstić information content (AvgIpc) is 2.61. The topological polar surface area (TPSA) is 53.5 Å². The summed E-state index contributed by atoms with van der Waals surface area (Å²) in [4.78, 5) is 4.77. The molecule has 8 heteroatoms. The van der Waals surface area contributed by atoms with Crippen LogP contribution in [0.25, 0.3) is 0 Å². The average molecular weight is 479 g/mol. The second-order valence-electron chi connectivity index (χ2n) is 4.95. The van der Waals surface area contributed by atoms with Gasteiger partial charge in [0.05, 0.1) is 10.8 Å². The molecule has 0 fully saturated rings. The number of halogens is 3. The number of hydrogen-bond acceptors (Lipinski definition) is 2. The Morgan fingerprint density at radius 2 is 1.84 bits per heavy atom. The molecule has 0 amide bonds. The van der Waals surface area contributed by atoms with E-state index in [4.69, 9.17) is 0 Å². The van der Waals surface area contributed by atoms with Crippen LogP contribution < -0.4 is 10.6 Å². The lowest BCUT2D eigenvalue weighted by molar-refractivity contribution is 0.581. The van der Waals surface area contributed by atoms with Crippen molar-refractivity contribution in [3.8, 4) is 0 Å². The van der Waals surface area contributed by atoms with E-state index >= 15 is 0 Å². The van der Waals surface area contributed by atoms with Gasteiger partial charge in [0.25, 0.3) is 0 Å². The molecule has 0 spiro atoms. The predicted octanol–water partition coefficient (Wildman–Crippen LogP) is 3.06. The van der Waals surface area contributed by atoms with Gasteiger partial charge in [-0.2, -0.15) is 0 Å². The number of hydrogen-bond donors (Lipinski definition) is 2. The molecule has 25 heavy (non-hydrogen) atoms. The molecular formula is C17H20F2IN3OS. The largest absolute Gasteiger partial charge is 0.355 e. The smallest absolute Gasteiger partial charge is 0.191 e. The fourth-order valence-corrected chi connectivity index (χ4v) is 3.01. The van der Waals surface area contributed by atoms with Crippen molar-refractivity contribution in [2.24, 2.45) is 4.99 Å². The van der Waals surface area contributed by atoms with Crippen LogP contribution in [0.1, 0.15) is 5.56 Å². The minimum absolute atomic E-state index is 0. The predicted molar refractivity (Wildman–Crippen MR) is 108 cm³/mol. The Morgan fingerprint density at radius 1 is 1.12 bits per heavy atom. The first kappa shape index (κ1) is 21.5. The van der Waals surface area contributed by atoms with Crippen LogP contribution in [0.2, 0.25) is 0 Å². The number of benzene rings is 2. The Balaban J connectivity index is 0.00000312. The molecule has 0 bridgehead atoms. The zero-order chi connectivity index (χ0) is 17.4. The molecule has 0 saturated heterocycles. The standard InChI is InChI=1S/C17H19F2N3OS.HI/c1-20-17(22-12-13-11-14(18)7-8-16(13)19)21-9-10-24(23)15-5-3-2-4-6-15;/h2-8,11H,9-10,12H2,1H3,(H2,20,21,22);1H. The summed E-state index contributed by atoms with van der Waals surface area (Å²) >= 11 is 0. The summed E-state index contributed by atoms with van der Waals surface area (Å²) < 4.78 is 38.8. The van der Waals surface area contributed by atoms with Crippen LogP contribution in [0.15, 0.2) is 58.4 Å². The number of guanidine groups is 1. The van der Waals surface area contributed by atoms with Crippen molar-refractivity contribution in [1.82, 2.24) is 10.6 Å². The van der Waals surface area contributed by atoms with E-state index in [1.807, 2.05) is 30.3 Å². The molecule has 2 aromatic rings. The number of nitrogens with zero attached hydrogens (tertiary/aromatic N) is 1. The first-order chi connectivity index (χ1) is 11.6. The molecule has 136 valence electrons. The summed E-state index contributed by atoms with van der Waals surface area (Å²) in [6.07, 6.45) is 0. The molecule has 2 N–H and O–H groups in total. The van der Waals surface area contributed by atoms with Crippen LogP contribution in [0.3, 0.4) is 0 Å². The lowest BCUT2D eigenvalue weighted by atomic mass is 10.2. The maximum absolute atomic E-state index is 13.6. The molecule has 2 rings (SSSR count). The van der Waals surface area contributed by atoms with Crippen molar-refractivity contribution < 1.29 is 13.0 Å². The van der Waals surface area contributed by atoms with Crippen LogP contribution in [-0.4, -0.2) is 29.5 Å².